The Morgan fingerprint density at radius 2 is 2.07 bits per heavy atom. The topological polar surface area (TPSA) is 37.8 Å². The Morgan fingerprint density at radius 3 is 2.71 bits per heavy atom. The Hall–Kier alpha value is -0.640. The Bertz CT molecular complexity index is 301. The lowest BCUT2D eigenvalue weighted by Gasteiger charge is -2.11. The van der Waals surface area contributed by atoms with Crippen LogP contribution < -0.4 is 5.32 Å². The van der Waals surface area contributed by atoms with Crippen molar-refractivity contribution in [1.82, 2.24) is 9.97 Å². The number of aromatic nitrogens is 2. The number of hydrogen-bond acceptors (Lipinski definition) is 3. The average Bonchev–Trinajstić information content (AvgIpc) is 2.54. The largest absolute Gasteiger partial charge is 0.351 e. The SMILES string of the molecule is Cc1cc(Br)nc(NC2CCCC2)n1. The third-order valence-corrected chi connectivity index (χ3v) is 2.92. The molecule has 0 atom stereocenters. The van der Waals surface area contributed by atoms with Gasteiger partial charge < -0.3 is 5.32 Å². The van der Waals surface area contributed by atoms with Gasteiger partial charge in [-0.05, 0) is 41.8 Å². The van der Waals surface area contributed by atoms with Gasteiger partial charge in [0.2, 0.25) is 5.95 Å². The van der Waals surface area contributed by atoms with Crippen LogP contribution in [0, 0.1) is 6.92 Å². The molecule has 0 bridgehead atoms. The maximum absolute atomic E-state index is 4.35. The van der Waals surface area contributed by atoms with E-state index in [9.17, 15) is 0 Å². The molecule has 0 aromatic carbocycles. The minimum Gasteiger partial charge on any atom is -0.351 e. The molecule has 3 nitrogen and oxygen atoms in total. The molecule has 4 heteroatoms. The summed E-state index contributed by atoms with van der Waals surface area (Å²) in [5.41, 5.74) is 0.993. The van der Waals surface area contributed by atoms with Gasteiger partial charge >= 0.3 is 0 Å². The van der Waals surface area contributed by atoms with Gasteiger partial charge in [-0.3, -0.25) is 0 Å². The molecule has 0 unspecified atom stereocenters. The van der Waals surface area contributed by atoms with E-state index in [4.69, 9.17) is 0 Å². The van der Waals surface area contributed by atoms with Crippen LogP contribution in [0.3, 0.4) is 0 Å². The second-order valence-corrected chi connectivity index (χ2v) is 4.59. The number of anilines is 1. The fraction of sp³-hybridized carbons (Fsp3) is 0.600. The molecule has 1 fully saturated rings. The molecule has 1 aliphatic carbocycles. The zero-order valence-corrected chi connectivity index (χ0v) is 9.84. The van der Waals surface area contributed by atoms with Crippen LogP contribution in [-0.2, 0) is 0 Å². The number of rotatable bonds is 2. The first-order valence-electron chi connectivity index (χ1n) is 5.02. The zero-order chi connectivity index (χ0) is 9.97. The maximum atomic E-state index is 4.35. The van der Waals surface area contributed by atoms with Crippen LogP contribution in [0.4, 0.5) is 5.95 Å². The summed E-state index contributed by atoms with van der Waals surface area (Å²) >= 11 is 3.37. The molecule has 2 rings (SSSR count). The van der Waals surface area contributed by atoms with Gasteiger partial charge in [-0.2, -0.15) is 0 Å². The molecule has 1 heterocycles. The van der Waals surface area contributed by atoms with Gasteiger partial charge in [0.15, 0.2) is 0 Å². The molecule has 14 heavy (non-hydrogen) atoms. The Balaban J connectivity index is 2.07. The van der Waals surface area contributed by atoms with Crippen molar-refractivity contribution in [2.24, 2.45) is 0 Å². The van der Waals surface area contributed by atoms with Crippen LogP contribution in [-0.4, -0.2) is 16.0 Å². The highest BCUT2D eigenvalue weighted by Gasteiger charge is 2.15. The van der Waals surface area contributed by atoms with E-state index in [0.29, 0.717) is 6.04 Å². The summed E-state index contributed by atoms with van der Waals surface area (Å²) in [5.74, 6) is 0.753. The van der Waals surface area contributed by atoms with Crippen LogP contribution in [0.15, 0.2) is 10.7 Å². The fourth-order valence-corrected chi connectivity index (χ4v) is 2.35. The second kappa shape index (κ2) is 4.26. The van der Waals surface area contributed by atoms with Crippen LogP contribution in [0.2, 0.25) is 0 Å². The molecule has 1 aromatic rings. The van der Waals surface area contributed by atoms with E-state index in [1.54, 1.807) is 0 Å². The van der Waals surface area contributed by atoms with Gasteiger partial charge in [-0.1, -0.05) is 12.8 Å². The molecule has 1 saturated carbocycles. The lowest BCUT2D eigenvalue weighted by atomic mass is 10.2. The normalized spacial score (nSPS) is 17.3. The predicted octanol–water partition coefficient (Wildman–Crippen LogP) is 2.90. The molecule has 76 valence electrons. The molecule has 1 aliphatic rings. The first kappa shape index (κ1) is 9.90. The van der Waals surface area contributed by atoms with E-state index in [2.05, 4.69) is 31.2 Å². The van der Waals surface area contributed by atoms with E-state index < -0.39 is 0 Å². The quantitative estimate of drug-likeness (QED) is 0.827. The van der Waals surface area contributed by atoms with Crippen molar-refractivity contribution in [2.75, 3.05) is 5.32 Å². The molecular formula is C10H14BrN3. The molecule has 0 radical (unpaired) electrons. The van der Waals surface area contributed by atoms with Crippen molar-refractivity contribution in [3.8, 4) is 0 Å². The van der Waals surface area contributed by atoms with E-state index in [-0.39, 0.29) is 0 Å². The van der Waals surface area contributed by atoms with Gasteiger partial charge in [-0.15, -0.1) is 0 Å². The molecular weight excluding hydrogens is 242 g/mol. The summed E-state index contributed by atoms with van der Waals surface area (Å²) in [6.45, 7) is 1.98. The molecule has 1 aromatic heterocycles. The number of hydrogen-bond donors (Lipinski definition) is 1. The van der Waals surface area contributed by atoms with E-state index in [1.807, 2.05) is 13.0 Å². The van der Waals surface area contributed by atoms with Crippen molar-refractivity contribution in [2.45, 2.75) is 38.6 Å². The second-order valence-electron chi connectivity index (χ2n) is 3.78. The molecule has 0 spiro atoms. The van der Waals surface area contributed by atoms with Crippen molar-refractivity contribution in [1.29, 1.82) is 0 Å². The van der Waals surface area contributed by atoms with Crippen LogP contribution in [0.1, 0.15) is 31.4 Å². The van der Waals surface area contributed by atoms with Gasteiger partial charge in [0.25, 0.3) is 0 Å². The molecule has 0 amide bonds. The van der Waals surface area contributed by atoms with Crippen molar-refractivity contribution >= 4 is 21.9 Å². The van der Waals surface area contributed by atoms with Gasteiger partial charge in [0.1, 0.15) is 4.60 Å². The fourth-order valence-electron chi connectivity index (χ4n) is 1.85. The Kier molecular flexibility index (Phi) is 3.01. The monoisotopic (exact) mass is 255 g/mol. The number of nitrogens with zero attached hydrogens (tertiary/aromatic N) is 2. The third kappa shape index (κ3) is 2.44. The third-order valence-electron chi connectivity index (χ3n) is 2.51. The predicted molar refractivity (Wildman–Crippen MR) is 60.3 cm³/mol. The summed E-state index contributed by atoms with van der Waals surface area (Å²) in [5, 5.41) is 3.37. The average molecular weight is 256 g/mol. The van der Waals surface area contributed by atoms with Crippen LogP contribution in [0.5, 0.6) is 0 Å². The molecule has 0 aliphatic heterocycles. The van der Waals surface area contributed by atoms with Crippen LogP contribution in [0.25, 0.3) is 0 Å². The van der Waals surface area contributed by atoms with Gasteiger partial charge in [0, 0.05) is 11.7 Å². The summed E-state index contributed by atoms with van der Waals surface area (Å²) in [7, 11) is 0. The molecule has 0 saturated heterocycles. The summed E-state index contributed by atoms with van der Waals surface area (Å²) in [6.07, 6.45) is 5.14. The minimum atomic E-state index is 0.573. The summed E-state index contributed by atoms with van der Waals surface area (Å²) in [4.78, 5) is 8.64. The number of halogens is 1. The lowest BCUT2D eigenvalue weighted by molar-refractivity contribution is 0.742. The first-order valence-corrected chi connectivity index (χ1v) is 5.81. The Labute approximate surface area is 92.5 Å². The minimum absolute atomic E-state index is 0.573. The highest BCUT2D eigenvalue weighted by atomic mass is 79.9. The highest BCUT2D eigenvalue weighted by molar-refractivity contribution is 9.10. The smallest absolute Gasteiger partial charge is 0.224 e. The first-order chi connectivity index (χ1) is 6.74. The zero-order valence-electron chi connectivity index (χ0n) is 8.26. The van der Waals surface area contributed by atoms with Crippen molar-refractivity contribution < 1.29 is 0 Å². The number of aryl methyl sites for hydroxylation is 1. The van der Waals surface area contributed by atoms with Crippen molar-refractivity contribution in [3.05, 3.63) is 16.4 Å². The highest BCUT2D eigenvalue weighted by Crippen LogP contribution is 2.21. The summed E-state index contributed by atoms with van der Waals surface area (Å²) in [6, 6.07) is 2.49. The van der Waals surface area contributed by atoms with Crippen molar-refractivity contribution in [3.63, 3.8) is 0 Å². The van der Waals surface area contributed by atoms with E-state index >= 15 is 0 Å². The van der Waals surface area contributed by atoms with E-state index in [0.717, 1.165) is 16.2 Å². The van der Waals surface area contributed by atoms with Crippen LogP contribution >= 0.6 is 15.9 Å². The van der Waals surface area contributed by atoms with Gasteiger partial charge in [-0.25, -0.2) is 9.97 Å². The lowest BCUT2D eigenvalue weighted by Crippen LogP contribution is -2.16. The Morgan fingerprint density at radius 1 is 1.36 bits per heavy atom. The summed E-state index contributed by atoms with van der Waals surface area (Å²) < 4.78 is 0.852. The maximum Gasteiger partial charge on any atom is 0.224 e. The standard InChI is InChI=1S/C10H14BrN3/c1-7-6-9(11)14-10(12-7)13-8-4-2-3-5-8/h6,8H,2-5H2,1H3,(H,12,13,14). The number of nitrogens with one attached hydrogen (secondary N) is 1. The van der Waals surface area contributed by atoms with E-state index in [1.165, 1.54) is 25.7 Å². The molecule has 1 N–H and O–H groups in total. The van der Waals surface area contributed by atoms with Gasteiger partial charge in [0.05, 0.1) is 0 Å².